The Labute approximate surface area is 167 Å². The van der Waals surface area contributed by atoms with Gasteiger partial charge in [-0.25, -0.2) is 4.99 Å². The van der Waals surface area contributed by atoms with Gasteiger partial charge in [-0.05, 0) is 51.8 Å². The van der Waals surface area contributed by atoms with Gasteiger partial charge in [-0.2, -0.15) is 5.10 Å². The highest BCUT2D eigenvalue weighted by Gasteiger charge is 2.14. The number of nitrogens with one attached hydrogen (secondary N) is 2. The predicted octanol–water partition coefficient (Wildman–Crippen LogP) is 3.26. The summed E-state index contributed by atoms with van der Waals surface area (Å²) in [5, 5.41) is 11.8. The van der Waals surface area contributed by atoms with Crippen LogP contribution in [0.25, 0.3) is 0 Å². The van der Waals surface area contributed by atoms with Crippen molar-refractivity contribution in [1.82, 2.24) is 20.4 Å². The first-order valence-electron chi connectivity index (χ1n) is 9.33. The molecule has 0 aliphatic rings. The van der Waals surface area contributed by atoms with Crippen LogP contribution < -0.4 is 15.4 Å². The lowest BCUT2D eigenvalue weighted by Gasteiger charge is -2.18. The van der Waals surface area contributed by atoms with E-state index in [-0.39, 0.29) is 6.04 Å². The van der Waals surface area contributed by atoms with Gasteiger partial charge in [0.1, 0.15) is 12.4 Å². The number of para-hydroxylation sites is 1. The van der Waals surface area contributed by atoms with Crippen LogP contribution in [0.4, 0.5) is 0 Å². The van der Waals surface area contributed by atoms with Crippen molar-refractivity contribution in [3.63, 3.8) is 0 Å². The standard InChI is InChI=1S/C20H30ClN5O/c1-6-22-20(23-11-12-27-19-10-8-7-9-18(19)21)24-14(2)13-17-15(3)25-26(5)16(17)4/h7-10,14H,6,11-13H2,1-5H3,(H2,22,23,24). The van der Waals surface area contributed by atoms with Gasteiger partial charge in [0.25, 0.3) is 0 Å². The highest BCUT2D eigenvalue weighted by molar-refractivity contribution is 6.32. The monoisotopic (exact) mass is 391 g/mol. The molecule has 0 bridgehead atoms. The molecule has 6 nitrogen and oxygen atoms in total. The van der Waals surface area contributed by atoms with Crippen molar-refractivity contribution in [1.29, 1.82) is 0 Å². The van der Waals surface area contributed by atoms with E-state index >= 15 is 0 Å². The highest BCUT2D eigenvalue weighted by Crippen LogP contribution is 2.22. The zero-order valence-corrected chi connectivity index (χ0v) is 17.6. The number of aromatic nitrogens is 2. The summed E-state index contributed by atoms with van der Waals surface area (Å²) in [6.07, 6.45) is 0.895. The fourth-order valence-electron chi connectivity index (χ4n) is 2.90. The normalized spacial score (nSPS) is 12.7. The summed E-state index contributed by atoms with van der Waals surface area (Å²) in [5.41, 5.74) is 3.57. The zero-order chi connectivity index (χ0) is 19.8. The molecule has 0 spiro atoms. The number of benzene rings is 1. The van der Waals surface area contributed by atoms with Crippen LogP contribution in [0.5, 0.6) is 5.75 Å². The number of aliphatic imine (C=N–C) groups is 1. The van der Waals surface area contributed by atoms with Gasteiger partial charge in [-0.3, -0.25) is 4.68 Å². The van der Waals surface area contributed by atoms with Crippen LogP contribution in [0, 0.1) is 13.8 Å². The molecule has 1 atom stereocenters. The lowest BCUT2D eigenvalue weighted by molar-refractivity contribution is 0.328. The molecule has 0 amide bonds. The van der Waals surface area contributed by atoms with Crippen molar-refractivity contribution >= 4 is 17.6 Å². The van der Waals surface area contributed by atoms with Gasteiger partial charge < -0.3 is 15.4 Å². The van der Waals surface area contributed by atoms with Crippen LogP contribution in [0.15, 0.2) is 29.3 Å². The maximum absolute atomic E-state index is 6.10. The number of rotatable bonds is 8. The average Bonchev–Trinajstić information content (AvgIpc) is 2.86. The lowest BCUT2D eigenvalue weighted by atomic mass is 10.1. The molecule has 27 heavy (non-hydrogen) atoms. The minimum absolute atomic E-state index is 0.230. The van der Waals surface area contributed by atoms with Gasteiger partial charge in [-0.15, -0.1) is 0 Å². The molecular formula is C20H30ClN5O. The molecule has 2 rings (SSSR count). The molecule has 0 aliphatic heterocycles. The topological polar surface area (TPSA) is 63.5 Å². The summed E-state index contributed by atoms with van der Waals surface area (Å²) in [5.74, 6) is 1.47. The number of hydrogen-bond acceptors (Lipinski definition) is 3. The number of ether oxygens (including phenoxy) is 1. The van der Waals surface area contributed by atoms with E-state index < -0.39 is 0 Å². The van der Waals surface area contributed by atoms with Crippen LogP contribution in [0.2, 0.25) is 5.02 Å². The minimum atomic E-state index is 0.230. The Morgan fingerprint density at radius 3 is 2.70 bits per heavy atom. The number of hydrogen-bond donors (Lipinski definition) is 2. The Balaban J connectivity index is 1.89. The molecule has 1 heterocycles. The Morgan fingerprint density at radius 1 is 1.33 bits per heavy atom. The number of guanidine groups is 1. The molecule has 0 saturated heterocycles. The maximum atomic E-state index is 6.10. The number of halogens is 1. The van der Waals surface area contributed by atoms with Crippen molar-refractivity contribution in [3.8, 4) is 5.75 Å². The molecule has 0 radical (unpaired) electrons. The molecule has 7 heteroatoms. The van der Waals surface area contributed by atoms with Crippen molar-refractivity contribution in [3.05, 3.63) is 46.2 Å². The minimum Gasteiger partial charge on any atom is -0.490 e. The molecule has 1 unspecified atom stereocenters. The van der Waals surface area contributed by atoms with Crippen molar-refractivity contribution in [2.24, 2.45) is 12.0 Å². The molecule has 1 aromatic carbocycles. The second-order valence-electron chi connectivity index (χ2n) is 6.56. The van der Waals surface area contributed by atoms with Crippen LogP contribution in [-0.2, 0) is 13.5 Å². The SMILES string of the molecule is CCNC(=NCCOc1ccccc1Cl)NC(C)Cc1c(C)nn(C)c1C. The van der Waals surface area contributed by atoms with Gasteiger partial charge in [0.05, 0.1) is 17.3 Å². The summed E-state index contributed by atoms with van der Waals surface area (Å²) in [4.78, 5) is 4.60. The fraction of sp³-hybridized carbons (Fsp3) is 0.500. The smallest absolute Gasteiger partial charge is 0.191 e. The lowest BCUT2D eigenvalue weighted by Crippen LogP contribution is -2.43. The Morgan fingerprint density at radius 2 is 2.07 bits per heavy atom. The van der Waals surface area contributed by atoms with E-state index in [4.69, 9.17) is 16.3 Å². The molecule has 1 aromatic heterocycles. The third-order valence-corrected chi connectivity index (χ3v) is 4.66. The van der Waals surface area contributed by atoms with Gasteiger partial charge in [0.2, 0.25) is 0 Å². The molecule has 2 N–H and O–H groups in total. The maximum Gasteiger partial charge on any atom is 0.191 e. The number of aryl methyl sites for hydroxylation is 2. The third-order valence-electron chi connectivity index (χ3n) is 4.35. The van der Waals surface area contributed by atoms with Gasteiger partial charge >= 0.3 is 0 Å². The van der Waals surface area contributed by atoms with E-state index in [0.717, 1.165) is 24.6 Å². The van der Waals surface area contributed by atoms with Crippen LogP contribution in [0.3, 0.4) is 0 Å². The van der Waals surface area contributed by atoms with E-state index in [1.165, 1.54) is 11.3 Å². The summed E-state index contributed by atoms with van der Waals surface area (Å²) < 4.78 is 7.63. The van der Waals surface area contributed by atoms with Gasteiger partial charge in [0, 0.05) is 25.3 Å². The summed E-state index contributed by atoms with van der Waals surface area (Å²) in [7, 11) is 1.98. The molecule has 148 valence electrons. The number of nitrogens with zero attached hydrogens (tertiary/aromatic N) is 3. The van der Waals surface area contributed by atoms with Crippen molar-refractivity contribution in [2.75, 3.05) is 19.7 Å². The third kappa shape index (κ3) is 6.17. The first-order chi connectivity index (χ1) is 12.9. The second-order valence-corrected chi connectivity index (χ2v) is 6.97. The molecule has 2 aromatic rings. The predicted molar refractivity (Wildman–Crippen MR) is 112 cm³/mol. The van der Waals surface area contributed by atoms with Gasteiger partial charge in [-0.1, -0.05) is 23.7 Å². The highest BCUT2D eigenvalue weighted by atomic mass is 35.5. The Hall–Kier alpha value is -2.21. The fourth-order valence-corrected chi connectivity index (χ4v) is 3.09. The van der Waals surface area contributed by atoms with E-state index in [0.29, 0.717) is 23.9 Å². The van der Waals surface area contributed by atoms with Crippen LogP contribution in [0.1, 0.15) is 30.8 Å². The second kappa shape index (κ2) is 10.2. The van der Waals surface area contributed by atoms with Crippen LogP contribution >= 0.6 is 11.6 Å². The molecule has 0 aliphatic carbocycles. The zero-order valence-electron chi connectivity index (χ0n) is 16.8. The van der Waals surface area contributed by atoms with Crippen molar-refractivity contribution in [2.45, 2.75) is 40.2 Å². The summed E-state index contributed by atoms with van der Waals surface area (Å²) in [6, 6.07) is 7.69. The Bertz CT molecular complexity index is 772. The van der Waals surface area contributed by atoms with Gasteiger partial charge in [0.15, 0.2) is 5.96 Å². The van der Waals surface area contributed by atoms with E-state index in [1.807, 2.05) is 36.0 Å². The molecular weight excluding hydrogens is 362 g/mol. The Kier molecular flexibility index (Phi) is 7.98. The quantitative estimate of drug-likeness (QED) is 0.412. The molecule has 0 saturated carbocycles. The van der Waals surface area contributed by atoms with E-state index in [1.54, 1.807) is 0 Å². The van der Waals surface area contributed by atoms with Crippen LogP contribution in [-0.4, -0.2) is 41.5 Å². The summed E-state index contributed by atoms with van der Waals surface area (Å²) >= 11 is 6.10. The van der Waals surface area contributed by atoms with E-state index in [2.05, 4.69) is 48.4 Å². The molecule has 0 fully saturated rings. The average molecular weight is 392 g/mol. The largest absolute Gasteiger partial charge is 0.490 e. The first kappa shape index (κ1) is 21.1. The summed E-state index contributed by atoms with van der Waals surface area (Å²) in [6.45, 7) is 10.2. The first-order valence-corrected chi connectivity index (χ1v) is 9.71. The van der Waals surface area contributed by atoms with E-state index in [9.17, 15) is 0 Å². The van der Waals surface area contributed by atoms with Crippen molar-refractivity contribution < 1.29 is 4.74 Å².